The summed E-state index contributed by atoms with van der Waals surface area (Å²) in [5.41, 5.74) is -0.975. The van der Waals surface area contributed by atoms with Gasteiger partial charge in [-0.05, 0) is 47.5 Å². The molecule has 0 amide bonds. The fourth-order valence-corrected chi connectivity index (χ4v) is 1.52. The normalized spacial score (nSPS) is 25.9. The van der Waals surface area contributed by atoms with Crippen LogP contribution in [0.25, 0.3) is 0 Å². The van der Waals surface area contributed by atoms with E-state index < -0.39 is 23.0 Å². The molecule has 6 nitrogen and oxygen atoms in total. The van der Waals surface area contributed by atoms with E-state index in [0.717, 1.165) is 12.8 Å². The van der Waals surface area contributed by atoms with Gasteiger partial charge in [0.05, 0.1) is 17.6 Å². The molecule has 1 aliphatic heterocycles. The second kappa shape index (κ2) is 5.75. The van der Waals surface area contributed by atoms with Gasteiger partial charge in [-0.2, -0.15) is 9.78 Å². The molecule has 0 aliphatic carbocycles. The van der Waals surface area contributed by atoms with Crippen LogP contribution in [0.3, 0.4) is 0 Å². The van der Waals surface area contributed by atoms with Crippen LogP contribution in [0.1, 0.15) is 60.3 Å². The average Bonchev–Trinajstić information content (AvgIpc) is 2.33. The molecule has 0 aromatic rings. The quantitative estimate of drug-likeness (QED) is 0.799. The summed E-state index contributed by atoms with van der Waals surface area (Å²) in [6, 6.07) is 0. The van der Waals surface area contributed by atoms with Gasteiger partial charge in [0.15, 0.2) is 0 Å². The van der Waals surface area contributed by atoms with E-state index in [1.807, 2.05) is 27.7 Å². The molecule has 1 N–H and O–H groups in total. The molecule has 0 aromatic carbocycles. The van der Waals surface area contributed by atoms with Crippen molar-refractivity contribution in [3.63, 3.8) is 0 Å². The molecule has 0 saturated carbocycles. The highest BCUT2D eigenvalue weighted by molar-refractivity contribution is 5.66. The molecule has 0 spiro atoms. The van der Waals surface area contributed by atoms with Gasteiger partial charge in [0, 0.05) is 6.42 Å². The zero-order chi connectivity index (χ0) is 14.7. The van der Waals surface area contributed by atoms with Gasteiger partial charge in [-0.25, -0.2) is 9.78 Å². The smallest absolute Gasteiger partial charge is 0.303 e. The van der Waals surface area contributed by atoms with E-state index in [1.165, 1.54) is 0 Å². The van der Waals surface area contributed by atoms with Crippen LogP contribution in [0.4, 0.5) is 0 Å². The number of rotatable bonds is 3. The fourth-order valence-electron chi connectivity index (χ4n) is 1.52. The molecule has 1 aliphatic rings. The predicted molar refractivity (Wildman–Crippen MR) is 67.0 cm³/mol. The second-order valence-corrected chi connectivity index (χ2v) is 6.38. The standard InChI is InChI=1S/C13H24O6/c1-11(2)8-9-12(3,4)17-19-13(5,18-16-11)7-6-10(14)15/h6-9H2,1-5H3,(H,14,15). The molecule has 0 bridgehead atoms. The summed E-state index contributed by atoms with van der Waals surface area (Å²) in [6.07, 6.45) is 1.51. The highest BCUT2D eigenvalue weighted by atomic mass is 17.3. The van der Waals surface area contributed by atoms with E-state index in [9.17, 15) is 4.79 Å². The number of hydrogen-bond acceptors (Lipinski definition) is 5. The van der Waals surface area contributed by atoms with Gasteiger partial charge < -0.3 is 5.11 Å². The van der Waals surface area contributed by atoms with Crippen molar-refractivity contribution < 1.29 is 29.5 Å². The first-order valence-corrected chi connectivity index (χ1v) is 6.49. The van der Waals surface area contributed by atoms with Gasteiger partial charge in [-0.1, -0.05) is 0 Å². The van der Waals surface area contributed by atoms with Crippen molar-refractivity contribution in [1.82, 2.24) is 0 Å². The van der Waals surface area contributed by atoms with E-state index in [-0.39, 0.29) is 12.8 Å². The van der Waals surface area contributed by atoms with Crippen LogP contribution in [0.2, 0.25) is 0 Å². The van der Waals surface area contributed by atoms with Gasteiger partial charge >= 0.3 is 5.97 Å². The molecule has 0 unspecified atom stereocenters. The van der Waals surface area contributed by atoms with Gasteiger partial charge in [0.2, 0.25) is 5.79 Å². The van der Waals surface area contributed by atoms with Gasteiger partial charge in [-0.15, -0.1) is 0 Å². The molecule has 19 heavy (non-hydrogen) atoms. The molecular weight excluding hydrogens is 252 g/mol. The van der Waals surface area contributed by atoms with E-state index in [0.29, 0.717) is 0 Å². The van der Waals surface area contributed by atoms with Crippen molar-refractivity contribution in [2.75, 3.05) is 0 Å². The Labute approximate surface area is 113 Å². The molecule has 0 radical (unpaired) electrons. The number of carboxylic acid groups (broad SMARTS) is 1. The Morgan fingerprint density at radius 2 is 1.37 bits per heavy atom. The first-order chi connectivity index (χ1) is 8.54. The first kappa shape index (κ1) is 16.4. The van der Waals surface area contributed by atoms with Crippen LogP contribution in [-0.4, -0.2) is 28.1 Å². The number of hydrogen-bond donors (Lipinski definition) is 1. The monoisotopic (exact) mass is 276 g/mol. The van der Waals surface area contributed by atoms with Gasteiger partial charge in [0.1, 0.15) is 0 Å². The van der Waals surface area contributed by atoms with Crippen molar-refractivity contribution in [3.05, 3.63) is 0 Å². The molecule has 1 rings (SSSR count). The summed E-state index contributed by atoms with van der Waals surface area (Å²) in [4.78, 5) is 32.1. The predicted octanol–water partition coefficient (Wildman–Crippen LogP) is 2.81. The first-order valence-electron chi connectivity index (χ1n) is 6.49. The maximum absolute atomic E-state index is 10.7. The summed E-state index contributed by atoms with van der Waals surface area (Å²) in [6.45, 7) is 9.24. The Morgan fingerprint density at radius 1 is 0.947 bits per heavy atom. The van der Waals surface area contributed by atoms with E-state index in [2.05, 4.69) is 0 Å². The number of carboxylic acids is 1. The number of aliphatic carboxylic acids is 1. The lowest BCUT2D eigenvalue weighted by molar-refractivity contribution is -0.532. The third kappa shape index (κ3) is 5.86. The molecule has 1 fully saturated rings. The molecule has 6 heteroatoms. The number of carbonyl (C=O) groups is 1. The summed E-state index contributed by atoms with van der Waals surface area (Å²) in [5.74, 6) is -2.16. The third-order valence-corrected chi connectivity index (χ3v) is 3.01. The second-order valence-electron chi connectivity index (χ2n) is 6.38. The Morgan fingerprint density at radius 3 is 1.74 bits per heavy atom. The van der Waals surface area contributed by atoms with Crippen molar-refractivity contribution in [2.24, 2.45) is 0 Å². The van der Waals surface area contributed by atoms with Gasteiger partial charge in [0.25, 0.3) is 0 Å². The van der Waals surface area contributed by atoms with Crippen molar-refractivity contribution in [1.29, 1.82) is 0 Å². The van der Waals surface area contributed by atoms with Crippen molar-refractivity contribution in [3.8, 4) is 0 Å². The van der Waals surface area contributed by atoms with Crippen LogP contribution in [0, 0.1) is 0 Å². The average molecular weight is 276 g/mol. The molecule has 1 heterocycles. The fraction of sp³-hybridized carbons (Fsp3) is 0.923. The van der Waals surface area contributed by atoms with Crippen LogP contribution in [0.15, 0.2) is 0 Å². The van der Waals surface area contributed by atoms with Crippen molar-refractivity contribution in [2.45, 2.75) is 77.3 Å². The topological polar surface area (TPSA) is 74.2 Å². The van der Waals surface area contributed by atoms with Crippen LogP contribution < -0.4 is 0 Å². The van der Waals surface area contributed by atoms with Crippen LogP contribution in [0.5, 0.6) is 0 Å². The van der Waals surface area contributed by atoms with E-state index in [4.69, 9.17) is 24.7 Å². The van der Waals surface area contributed by atoms with E-state index in [1.54, 1.807) is 6.92 Å². The SMILES string of the molecule is CC1(C)CCC(C)(C)OOC(C)(CCC(=O)O)OO1. The summed E-state index contributed by atoms with van der Waals surface area (Å²) in [7, 11) is 0. The zero-order valence-electron chi connectivity index (χ0n) is 12.3. The molecule has 0 aromatic heterocycles. The summed E-state index contributed by atoms with van der Waals surface area (Å²) in [5, 5.41) is 8.75. The molecule has 1 saturated heterocycles. The lowest BCUT2D eigenvalue weighted by atomic mass is 9.94. The molecule has 112 valence electrons. The van der Waals surface area contributed by atoms with Crippen molar-refractivity contribution >= 4 is 5.97 Å². The Hall–Kier alpha value is -0.690. The van der Waals surface area contributed by atoms with Crippen LogP contribution in [-0.2, 0) is 24.3 Å². The molecular formula is C13H24O6. The highest BCUT2D eigenvalue weighted by Gasteiger charge is 2.38. The summed E-state index contributed by atoms with van der Waals surface area (Å²) < 4.78 is 0. The molecule has 0 atom stereocenters. The Bertz CT molecular complexity index is 303. The Balaban J connectivity index is 2.78. The lowest BCUT2D eigenvalue weighted by Gasteiger charge is -2.30. The minimum atomic E-state index is -1.24. The summed E-state index contributed by atoms with van der Waals surface area (Å²) >= 11 is 0. The highest BCUT2D eigenvalue weighted by Crippen LogP contribution is 2.32. The minimum Gasteiger partial charge on any atom is -0.481 e. The lowest BCUT2D eigenvalue weighted by Crippen LogP contribution is -2.37. The van der Waals surface area contributed by atoms with Gasteiger partial charge in [-0.3, -0.25) is 4.79 Å². The maximum Gasteiger partial charge on any atom is 0.303 e. The maximum atomic E-state index is 10.7. The van der Waals surface area contributed by atoms with Crippen LogP contribution >= 0.6 is 0 Å². The largest absolute Gasteiger partial charge is 0.481 e. The zero-order valence-corrected chi connectivity index (χ0v) is 12.3. The third-order valence-electron chi connectivity index (χ3n) is 3.01. The minimum absolute atomic E-state index is 0.0932. The van der Waals surface area contributed by atoms with E-state index >= 15 is 0 Å². The Kier molecular flexibility index (Phi) is 4.95.